The van der Waals surface area contributed by atoms with Gasteiger partial charge in [-0.15, -0.1) is 0 Å². The molecule has 0 amide bonds. The Morgan fingerprint density at radius 2 is 1.33 bits per heavy atom. The Bertz CT molecular complexity index is 730. The second-order valence-electron chi connectivity index (χ2n) is 6.34. The average molecular weight is 330 g/mol. The lowest BCUT2D eigenvalue weighted by atomic mass is 9.76. The fraction of sp³-hybridized carbons (Fsp3) is 0.278. The highest BCUT2D eigenvalue weighted by molar-refractivity contribution is 5.72. The van der Waals surface area contributed by atoms with E-state index in [0.29, 0.717) is 12.8 Å². The number of cyclic esters (lactones) is 1. The quantitative estimate of drug-likeness (QED) is 0.506. The molecule has 1 aliphatic rings. The smallest absolute Gasteiger partial charge is 0.306 e. The Morgan fingerprint density at radius 1 is 0.833 bits per heavy atom. The third-order valence-electron chi connectivity index (χ3n) is 4.30. The van der Waals surface area contributed by atoms with Crippen LogP contribution < -0.4 is 0 Å². The van der Waals surface area contributed by atoms with Gasteiger partial charge in [0, 0.05) is 5.41 Å². The minimum absolute atomic E-state index is 0.199. The van der Waals surface area contributed by atoms with Crippen LogP contribution in [0.4, 0.5) is 0 Å². The highest BCUT2D eigenvalue weighted by Crippen LogP contribution is 2.39. The number of hydrogen-bond acceptors (Lipinski definition) is 6. The van der Waals surface area contributed by atoms with Crippen molar-refractivity contribution in [2.45, 2.75) is 19.3 Å². The summed E-state index contributed by atoms with van der Waals surface area (Å²) in [6.45, 7) is 0.231. The van der Waals surface area contributed by atoms with Crippen molar-refractivity contribution in [1.29, 1.82) is 0 Å². The number of ether oxygens (including phenoxy) is 1. The molecule has 6 nitrogen and oxygen atoms in total. The molecular weight excluding hydrogens is 312 g/mol. The molecule has 0 aliphatic carbocycles. The standard InChI is InChI=1S/C18H18O6/c19-13-3-1-11(5-15(13)21)7-18(9-17(23)24-10-18)8-12-2-4-14(20)16(22)6-12/h1-6,19-22H,7-10H2. The largest absolute Gasteiger partial charge is 0.504 e. The second-order valence-corrected chi connectivity index (χ2v) is 6.34. The Balaban J connectivity index is 1.88. The third-order valence-corrected chi connectivity index (χ3v) is 4.30. The molecule has 4 N–H and O–H groups in total. The van der Waals surface area contributed by atoms with E-state index in [1.165, 1.54) is 24.3 Å². The molecule has 3 rings (SSSR count). The van der Waals surface area contributed by atoms with Gasteiger partial charge in [-0.1, -0.05) is 12.1 Å². The summed E-state index contributed by atoms with van der Waals surface area (Å²) < 4.78 is 5.16. The number of carbonyl (C=O) groups excluding carboxylic acids is 1. The van der Waals surface area contributed by atoms with Crippen LogP contribution in [0.3, 0.4) is 0 Å². The van der Waals surface area contributed by atoms with Crippen molar-refractivity contribution in [1.82, 2.24) is 0 Å². The summed E-state index contributed by atoms with van der Waals surface area (Å²) in [6, 6.07) is 9.12. The zero-order chi connectivity index (χ0) is 17.3. The number of phenols is 4. The lowest BCUT2D eigenvalue weighted by Crippen LogP contribution is -2.27. The van der Waals surface area contributed by atoms with Gasteiger partial charge in [-0.05, 0) is 48.2 Å². The molecule has 1 heterocycles. The summed E-state index contributed by atoms with van der Waals surface area (Å²) in [5, 5.41) is 38.2. The van der Waals surface area contributed by atoms with Crippen LogP contribution in [0.5, 0.6) is 23.0 Å². The van der Waals surface area contributed by atoms with Crippen molar-refractivity contribution < 1.29 is 30.0 Å². The third kappa shape index (κ3) is 3.22. The number of esters is 1. The van der Waals surface area contributed by atoms with Crippen LogP contribution in [0.1, 0.15) is 17.5 Å². The van der Waals surface area contributed by atoms with E-state index in [1.807, 2.05) is 0 Å². The van der Waals surface area contributed by atoms with E-state index in [9.17, 15) is 25.2 Å². The van der Waals surface area contributed by atoms with E-state index < -0.39 is 5.41 Å². The van der Waals surface area contributed by atoms with Gasteiger partial charge >= 0.3 is 5.97 Å². The molecule has 0 unspecified atom stereocenters. The van der Waals surface area contributed by atoms with E-state index >= 15 is 0 Å². The molecule has 1 fully saturated rings. The highest BCUT2D eigenvalue weighted by Gasteiger charge is 2.40. The van der Waals surface area contributed by atoms with Crippen molar-refractivity contribution in [3.63, 3.8) is 0 Å². The fourth-order valence-corrected chi connectivity index (χ4v) is 3.16. The number of rotatable bonds is 4. The monoisotopic (exact) mass is 330 g/mol. The fourth-order valence-electron chi connectivity index (χ4n) is 3.16. The minimum Gasteiger partial charge on any atom is -0.504 e. The summed E-state index contributed by atoms with van der Waals surface area (Å²) in [5.74, 6) is -1.11. The number of benzene rings is 2. The topological polar surface area (TPSA) is 107 Å². The number of carbonyl (C=O) groups is 1. The Labute approximate surface area is 138 Å². The molecule has 0 aromatic heterocycles. The van der Waals surface area contributed by atoms with Crippen LogP contribution >= 0.6 is 0 Å². The molecule has 2 aromatic rings. The number of aromatic hydroxyl groups is 4. The molecular formula is C18H18O6. The van der Waals surface area contributed by atoms with E-state index in [2.05, 4.69) is 0 Å². The minimum atomic E-state index is -0.510. The van der Waals surface area contributed by atoms with E-state index in [4.69, 9.17) is 4.74 Å². The first kappa shape index (κ1) is 16.0. The molecule has 0 radical (unpaired) electrons. The highest BCUT2D eigenvalue weighted by atomic mass is 16.5. The van der Waals surface area contributed by atoms with Gasteiger partial charge < -0.3 is 25.2 Å². The first-order valence-electron chi connectivity index (χ1n) is 7.54. The summed E-state index contributed by atoms with van der Waals surface area (Å²) in [4.78, 5) is 11.7. The van der Waals surface area contributed by atoms with Crippen molar-refractivity contribution in [3.05, 3.63) is 47.5 Å². The molecule has 6 heteroatoms. The summed E-state index contributed by atoms with van der Waals surface area (Å²) >= 11 is 0. The van der Waals surface area contributed by atoms with E-state index in [-0.39, 0.29) is 42.0 Å². The predicted octanol–water partition coefficient (Wildman–Crippen LogP) is 2.23. The maximum absolute atomic E-state index is 11.7. The van der Waals surface area contributed by atoms with Crippen LogP contribution in [-0.4, -0.2) is 33.0 Å². The van der Waals surface area contributed by atoms with Gasteiger partial charge in [-0.2, -0.15) is 0 Å². The van der Waals surface area contributed by atoms with Crippen molar-refractivity contribution in [3.8, 4) is 23.0 Å². The molecule has 24 heavy (non-hydrogen) atoms. The van der Waals surface area contributed by atoms with Gasteiger partial charge in [-0.25, -0.2) is 0 Å². The summed E-state index contributed by atoms with van der Waals surface area (Å²) in [6.07, 6.45) is 1.15. The van der Waals surface area contributed by atoms with Gasteiger partial charge in [0.2, 0.25) is 0 Å². The lowest BCUT2D eigenvalue weighted by Gasteiger charge is -2.26. The average Bonchev–Trinajstić information content (AvgIpc) is 2.88. The van der Waals surface area contributed by atoms with Crippen LogP contribution in [0.25, 0.3) is 0 Å². The molecule has 0 saturated carbocycles. The van der Waals surface area contributed by atoms with E-state index in [1.54, 1.807) is 12.1 Å². The lowest BCUT2D eigenvalue weighted by molar-refractivity contribution is -0.137. The Kier molecular flexibility index (Phi) is 3.97. The number of hydrogen-bond donors (Lipinski definition) is 4. The predicted molar refractivity (Wildman–Crippen MR) is 85.0 cm³/mol. The molecule has 126 valence electrons. The number of phenolic OH excluding ortho intramolecular Hbond substituents is 4. The Hall–Kier alpha value is -2.89. The van der Waals surface area contributed by atoms with Crippen LogP contribution in [0, 0.1) is 5.41 Å². The molecule has 1 aliphatic heterocycles. The summed E-state index contributed by atoms with van der Waals surface area (Å²) in [5.41, 5.74) is 1.03. The summed E-state index contributed by atoms with van der Waals surface area (Å²) in [7, 11) is 0. The first-order chi connectivity index (χ1) is 11.4. The zero-order valence-corrected chi connectivity index (χ0v) is 12.9. The molecule has 0 atom stereocenters. The van der Waals surface area contributed by atoms with Crippen LogP contribution in [-0.2, 0) is 22.4 Å². The van der Waals surface area contributed by atoms with Crippen molar-refractivity contribution in [2.75, 3.05) is 6.61 Å². The van der Waals surface area contributed by atoms with Crippen molar-refractivity contribution in [2.24, 2.45) is 5.41 Å². The van der Waals surface area contributed by atoms with Crippen LogP contribution in [0.15, 0.2) is 36.4 Å². The van der Waals surface area contributed by atoms with Gasteiger partial charge in [0.05, 0.1) is 13.0 Å². The van der Waals surface area contributed by atoms with Gasteiger partial charge in [0.25, 0.3) is 0 Å². The maximum Gasteiger partial charge on any atom is 0.306 e. The molecule has 1 saturated heterocycles. The molecule has 0 spiro atoms. The SMILES string of the molecule is O=C1CC(Cc2ccc(O)c(O)c2)(Cc2ccc(O)c(O)c2)CO1. The molecule has 2 aromatic carbocycles. The molecule has 0 bridgehead atoms. The van der Waals surface area contributed by atoms with Crippen LogP contribution in [0.2, 0.25) is 0 Å². The van der Waals surface area contributed by atoms with Crippen molar-refractivity contribution >= 4 is 5.97 Å². The van der Waals surface area contributed by atoms with E-state index in [0.717, 1.165) is 11.1 Å². The first-order valence-corrected chi connectivity index (χ1v) is 7.54. The van der Waals surface area contributed by atoms with Gasteiger partial charge in [0.15, 0.2) is 23.0 Å². The van der Waals surface area contributed by atoms with Gasteiger partial charge in [0.1, 0.15) is 0 Å². The normalized spacial score (nSPS) is 16.1. The van der Waals surface area contributed by atoms with Gasteiger partial charge in [-0.3, -0.25) is 4.79 Å². The maximum atomic E-state index is 11.7. The zero-order valence-electron chi connectivity index (χ0n) is 12.9. The Morgan fingerprint density at radius 3 is 1.71 bits per heavy atom. The second kappa shape index (κ2) is 5.96.